The monoisotopic (exact) mass is 1990 g/mol. The molecule has 3 aliphatic heterocycles. The number of aromatic nitrogens is 9. The first-order chi connectivity index (χ1) is 60.9. The summed E-state index contributed by atoms with van der Waals surface area (Å²) < 4.78 is 0. The number of nitrogens with zero attached hydrogens (tertiary/aromatic N) is 3. The Hall–Kier alpha value is -9.45. The van der Waals surface area contributed by atoms with Crippen molar-refractivity contribution in [3.8, 4) is 100 Å². The Bertz CT molecular complexity index is 7820. The van der Waals surface area contributed by atoms with Crippen molar-refractivity contribution in [3.05, 3.63) is 361 Å². The Morgan fingerprint density at radius 2 is 0.214 bits per heavy atom. The molecule has 0 amide bonds. The molecule has 0 unspecified atom stereocenters. The molecule has 16 aromatic rings. The molecule has 27 heteroatoms. The predicted octanol–water partition coefficient (Wildman–Crippen LogP) is 37.7. The lowest BCUT2D eigenvalue weighted by Gasteiger charge is -2.11. The van der Waals surface area contributed by atoms with Gasteiger partial charge in [-0.25, -0.2) is 15.0 Å². The maximum Gasteiger partial charge on any atom is 0.0738 e. The largest absolute Gasteiger partial charge is 0.354 e. The van der Waals surface area contributed by atoms with Gasteiger partial charge in [-0.15, -0.1) is 0 Å². The zero-order valence-corrected chi connectivity index (χ0v) is 77.7. The molecule has 10 heterocycles. The number of hydrogen-bond donors (Lipinski definition) is 6. The maximum atomic E-state index is 7.40. The Morgan fingerprint density at radius 1 is 0.119 bits per heavy atom. The van der Waals surface area contributed by atoms with Crippen molar-refractivity contribution in [1.29, 1.82) is 0 Å². The minimum atomic E-state index is 0.319. The van der Waals surface area contributed by atoms with Gasteiger partial charge in [-0.3, -0.25) is 0 Å². The van der Waals surface area contributed by atoms with Gasteiger partial charge < -0.3 is 29.9 Å². The highest BCUT2D eigenvalue weighted by Gasteiger charge is 2.29. The van der Waals surface area contributed by atoms with E-state index in [1.165, 1.54) is 0 Å². The van der Waals surface area contributed by atoms with Crippen molar-refractivity contribution in [2.24, 2.45) is 0 Å². The molecular formula is C99H51Cl18N9. The first-order valence-corrected chi connectivity index (χ1v) is 45.2. The fourth-order valence-corrected chi connectivity index (χ4v) is 21.6. The number of hydrogen-bond acceptors (Lipinski definition) is 3. The molecule has 0 saturated carbocycles. The summed E-state index contributed by atoms with van der Waals surface area (Å²) in [5.74, 6) is 0. The standard InChI is InChI=1S/C99H51Cl18N9/c100-46-10-1-11-47(101)82(46)91-64-28-30-66(118-64)92(83-48(102)12-2-13-49(83)103)68-32-34-70(120-68)94(85-52(106)16-4-17-53(85)107)72-36-38-74(122-72)96(87-56(110)20-6-21-57(87)111)76-40-42-78(124-76)98(89-60(114)24-8-25-61(89)115)80-44-45-81(126-80)99(90-62(116)26-9-27-63(90)117)79-43-41-77(125-79)97(88-58(112)22-7-23-59(88)113)75-39-37-73(123-75)95(86-54(108)18-5-19-55(86)109)71-35-33-69(121-71)93(67-31-29-65(91)119-67)84-50(104)14-3-15-51(84)105/h1-45,118-120,123-125H. The maximum absolute atomic E-state index is 7.40. The normalized spacial score (nSPS) is 12.0. The second-order valence-corrected chi connectivity index (χ2v) is 36.4. The molecule has 3 aliphatic rings. The van der Waals surface area contributed by atoms with E-state index in [-0.39, 0.29) is 0 Å². The lowest BCUT2D eigenvalue weighted by Crippen LogP contribution is -1.91. The van der Waals surface area contributed by atoms with Gasteiger partial charge in [0, 0.05) is 166 Å². The predicted molar refractivity (Wildman–Crippen MR) is 543 cm³/mol. The van der Waals surface area contributed by atoms with Crippen LogP contribution in [0.4, 0.5) is 0 Å². The highest BCUT2D eigenvalue weighted by atomic mass is 35.5. The molecule has 7 aromatic heterocycles. The number of nitrogens with one attached hydrogen (secondary N) is 6. The SMILES string of the molecule is Clc1cccc(Cl)c1-c1c2nc(c(-c3c(Cl)cccc3Cl)c3ccc([nH]3)c(-c3c(Cl)cccc3Cl)c3ccc([nH]3)c(-c3c(Cl)cccc3Cl)c3nc(c(-c4c(Cl)cccc4Cl)c4ccc([nH]4)c(-c4c(Cl)cccc4Cl)c4ccc([nH]4)c(-c4c(Cl)cccc4Cl)c4ccc([nH]4)c(-c4c(Cl)cccc4Cl)c4nc(c(-c5c(Cl)cccc5Cl)c5ccc1[nH]5)C=C4)C=C3)C=C2. The summed E-state index contributed by atoms with van der Waals surface area (Å²) in [4.78, 5) is 39.2. The summed E-state index contributed by atoms with van der Waals surface area (Å²) in [5.41, 5.74) is 17.9. The third-order valence-electron chi connectivity index (χ3n) is 21.7. The van der Waals surface area contributed by atoms with E-state index in [0.717, 1.165) is 0 Å². The van der Waals surface area contributed by atoms with E-state index >= 15 is 0 Å². The minimum absolute atomic E-state index is 0.319. The smallest absolute Gasteiger partial charge is 0.0738 e. The Morgan fingerprint density at radius 3 is 0.325 bits per heavy atom. The number of H-pyrrole nitrogens is 6. The fraction of sp³-hybridized carbons (Fsp3) is 0. The van der Waals surface area contributed by atoms with Crippen LogP contribution in [0.3, 0.4) is 0 Å². The van der Waals surface area contributed by atoms with Gasteiger partial charge in [0.25, 0.3) is 0 Å². The molecule has 0 spiro atoms. The van der Waals surface area contributed by atoms with Crippen LogP contribution in [0.15, 0.2) is 237 Å². The summed E-state index contributed by atoms with van der Waals surface area (Å²) >= 11 is 133. The van der Waals surface area contributed by atoms with Crippen molar-refractivity contribution in [2.45, 2.75) is 0 Å². The number of rotatable bonds is 9. The quantitative estimate of drug-likeness (QED) is 0.0860. The van der Waals surface area contributed by atoms with Gasteiger partial charge in [0.15, 0.2) is 0 Å². The van der Waals surface area contributed by atoms with Gasteiger partial charge in [-0.05, 0) is 218 Å². The van der Waals surface area contributed by atoms with Gasteiger partial charge >= 0.3 is 0 Å². The zero-order chi connectivity index (χ0) is 87.4. The second-order valence-electron chi connectivity index (χ2n) is 29.1. The third kappa shape index (κ3) is 15.8. The minimum Gasteiger partial charge on any atom is -0.354 e. The zero-order valence-electron chi connectivity index (χ0n) is 64.1. The van der Waals surface area contributed by atoms with E-state index in [1.54, 1.807) is 164 Å². The van der Waals surface area contributed by atoms with Crippen LogP contribution in [0.5, 0.6) is 0 Å². The molecule has 9 aromatic carbocycles. The highest BCUT2D eigenvalue weighted by molar-refractivity contribution is 6.46. The van der Waals surface area contributed by atoms with E-state index in [0.29, 0.717) is 291 Å². The lowest BCUT2D eigenvalue weighted by atomic mass is 10.0. The molecule has 18 bridgehead atoms. The molecular weight excluding hydrogens is 1950 g/mol. The topological polar surface area (TPSA) is 133 Å². The fourth-order valence-electron chi connectivity index (χ4n) is 16.3. The van der Waals surface area contributed by atoms with Crippen molar-refractivity contribution in [1.82, 2.24) is 44.9 Å². The molecule has 0 atom stereocenters. The van der Waals surface area contributed by atoms with Crippen LogP contribution in [0.2, 0.25) is 90.4 Å². The van der Waals surface area contributed by atoms with E-state index in [9.17, 15) is 0 Å². The summed E-state index contributed by atoms with van der Waals surface area (Å²) in [6.45, 7) is 0. The molecule has 0 radical (unpaired) electrons. The summed E-state index contributed by atoms with van der Waals surface area (Å²) in [7, 11) is 0. The van der Waals surface area contributed by atoms with Crippen LogP contribution in [0.25, 0.3) is 203 Å². The lowest BCUT2D eigenvalue weighted by molar-refractivity contribution is 1.31. The summed E-state index contributed by atoms with van der Waals surface area (Å²) in [6, 6.07) is 70.6. The molecule has 19 rings (SSSR count). The van der Waals surface area contributed by atoms with Crippen LogP contribution in [0, 0.1) is 0 Å². The third-order valence-corrected chi connectivity index (χ3v) is 27.4. The average molecular weight is 2000 g/mol. The van der Waals surface area contributed by atoms with Crippen molar-refractivity contribution in [2.75, 3.05) is 0 Å². The Balaban J connectivity index is 1.00. The molecule has 6 N–H and O–H groups in total. The second kappa shape index (κ2) is 35.5. The van der Waals surface area contributed by atoms with Crippen molar-refractivity contribution in [3.63, 3.8) is 0 Å². The molecule has 0 saturated heterocycles. The number of benzene rings is 9. The first kappa shape index (κ1) is 86.0. The van der Waals surface area contributed by atoms with Crippen LogP contribution in [-0.4, -0.2) is 44.9 Å². The van der Waals surface area contributed by atoms with E-state index in [1.807, 2.05) is 109 Å². The summed E-state index contributed by atoms with van der Waals surface area (Å²) in [5, 5.41) is 5.87. The molecule has 0 aliphatic carbocycles. The van der Waals surface area contributed by atoms with E-state index < -0.39 is 0 Å². The van der Waals surface area contributed by atoms with E-state index in [4.69, 9.17) is 224 Å². The molecule has 618 valence electrons. The first-order valence-electron chi connectivity index (χ1n) is 38.4. The van der Waals surface area contributed by atoms with Gasteiger partial charge in [0.2, 0.25) is 0 Å². The highest BCUT2D eigenvalue weighted by Crippen LogP contribution is 2.52. The van der Waals surface area contributed by atoms with Gasteiger partial charge in [0.1, 0.15) is 0 Å². The van der Waals surface area contributed by atoms with E-state index in [2.05, 4.69) is 29.9 Å². The van der Waals surface area contributed by atoms with Crippen LogP contribution < -0.4 is 0 Å². The van der Waals surface area contributed by atoms with Crippen LogP contribution >= 0.6 is 209 Å². The van der Waals surface area contributed by atoms with Crippen LogP contribution in [0.1, 0.15) is 34.2 Å². The Kier molecular flexibility index (Phi) is 24.2. The number of fused-ring (bicyclic) bond motifs is 18. The molecule has 9 nitrogen and oxygen atoms in total. The average Bonchev–Trinajstić information content (AvgIpc) is 1.62. The van der Waals surface area contributed by atoms with Crippen molar-refractivity contribution < 1.29 is 0 Å². The van der Waals surface area contributed by atoms with Crippen molar-refractivity contribution >= 4 is 311 Å². The number of halogens is 18. The molecule has 126 heavy (non-hydrogen) atoms. The van der Waals surface area contributed by atoms with Gasteiger partial charge in [-0.1, -0.05) is 263 Å². The van der Waals surface area contributed by atoms with Crippen LogP contribution in [-0.2, 0) is 0 Å². The Labute approximate surface area is 809 Å². The van der Waals surface area contributed by atoms with Gasteiger partial charge in [0.05, 0.1) is 125 Å². The number of aromatic amines is 6. The molecule has 0 fully saturated rings. The van der Waals surface area contributed by atoms with Gasteiger partial charge in [-0.2, -0.15) is 0 Å². The summed E-state index contributed by atoms with van der Waals surface area (Å²) in [6.07, 6.45) is 11.2.